The van der Waals surface area contributed by atoms with Crippen LogP contribution in [0.3, 0.4) is 0 Å². The molecule has 1 aromatic heterocycles. The van der Waals surface area contributed by atoms with E-state index in [2.05, 4.69) is 11.5 Å². The van der Waals surface area contributed by atoms with Gasteiger partial charge in [0.2, 0.25) is 5.12 Å². The molecular weight excluding hydrogens is 342 g/mol. The molecule has 0 saturated heterocycles. The number of hydrogen-bond acceptors (Lipinski definition) is 3. The summed E-state index contributed by atoms with van der Waals surface area (Å²) in [6.07, 6.45) is 2.15. The maximum atomic E-state index is 13.1. The number of carbonyl (C=O) groups is 1. The van der Waals surface area contributed by atoms with Gasteiger partial charge in [0.05, 0.1) is 11.1 Å². The highest BCUT2D eigenvalue weighted by molar-refractivity contribution is 8.15. The molecule has 0 amide bonds. The van der Waals surface area contributed by atoms with Crippen molar-refractivity contribution in [2.45, 2.75) is 58.8 Å². The zero-order valence-corrected chi connectivity index (χ0v) is 17.0. The van der Waals surface area contributed by atoms with Gasteiger partial charge in [-0.2, -0.15) is 0 Å². The van der Waals surface area contributed by atoms with E-state index in [4.69, 9.17) is 0 Å². The lowest BCUT2D eigenvalue weighted by Crippen LogP contribution is -2.12. The Morgan fingerprint density at radius 1 is 1.15 bits per heavy atom. The number of aryl methyl sites for hydroxylation is 1. The fourth-order valence-electron chi connectivity index (χ4n) is 3.50. The van der Waals surface area contributed by atoms with Crippen LogP contribution in [0.4, 0.5) is 0 Å². The first kappa shape index (κ1) is 18.8. The van der Waals surface area contributed by atoms with E-state index in [1.54, 1.807) is 6.07 Å². The Bertz CT molecular complexity index is 979. The molecule has 1 heterocycles. The normalized spacial score (nSPS) is 12.2. The van der Waals surface area contributed by atoms with Gasteiger partial charge in [0.25, 0.3) is 0 Å². The first-order valence-corrected chi connectivity index (χ1v) is 10.0. The zero-order chi connectivity index (χ0) is 19.1. The summed E-state index contributed by atoms with van der Waals surface area (Å²) in [5.74, 6) is 0.232. The largest absolute Gasteiger partial charge is 0.507 e. The summed E-state index contributed by atoms with van der Waals surface area (Å²) in [6, 6.07) is 9.65. The van der Waals surface area contributed by atoms with E-state index in [9.17, 15) is 9.90 Å². The number of aromatic nitrogens is 1. The number of benzene rings is 2. The monoisotopic (exact) mass is 369 g/mol. The number of hydrogen-bond donors (Lipinski definition) is 1. The number of aromatic hydroxyl groups is 1. The van der Waals surface area contributed by atoms with Crippen LogP contribution in [0.5, 0.6) is 5.75 Å². The van der Waals surface area contributed by atoms with Gasteiger partial charge in [0, 0.05) is 33.1 Å². The lowest BCUT2D eigenvalue weighted by molar-refractivity contribution is 0.108. The van der Waals surface area contributed by atoms with Crippen molar-refractivity contribution in [1.29, 1.82) is 0 Å². The third-order valence-electron chi connectivity index (χ3n) is 4.64. The van der Waals surface area contributed by atoms with Crippen LogP contribution in [-0.2, 0) is 6.54 Å². The molecule has 2 aromatic carbocycles. The molecule has 26 heavy (non-hydrogen) atoms. The standard InChI is InChI=1S/C22H27NO2S/c1-6-7-12-23-14(2)19(21(25)26-22(3,4)5)17-13-18(24)15-10-8-9-11-16(15)20(17)23/h8-11,13,24H,6-7,12H2,1-5H3. The van der Waals surface area contributed by atoms with E-state index >= 15 is 0 Å². The molecule has 0 radical (unpaired) electrons. The Morgan fingerprint density at radius 2 is 1.81 bits per heavy atom. The molecule has 3 rings (SSSR count). The maximum Gasteiger partial charge on any atom is 0.222 e. The van der Waals surface area contributed by atoms with Crippen LogP contribution in [-0.4, -0.2) is 19.5 Å². The van der Waals surface area contributed by atoms with Crippen molar-refractivity contribution >= 4 is 38.6 Å². The van der Waals surface area contributed by atoms with E-state index in [1.807, 2.05) is 52.0 Å². The van der Waals surface area contributed by atoms with Crippen molar-refractivity contribution in [3.05, 3.63) is 41.6 Å². The topological polar surface area (TPSA) is 42.2 Å². The summed E-state index contributed by atoms with van der Waals surface area (Å²) in [4.78, 5) is 13.1. The summed E-state index contributed by atoms with van der Waals surface area (Å²) in [7, 11) is 0. The average molecular weight is 370 g/mol. The molecule has 0 spiro atoms. The van der Waals surface area contributed by atoms with Crippen LogP contribution >= 0.6 is 11.8 Å². The van der Waals surface area contributed by atoms with Crippen molar-refractivity contribution in [2.24, 2.45) is 0 Å². The minimum absolute atomic E-state index is 0.0740. The Hall–Kier alpha value is -1.94. The number of unbranched alkanes of at least 4 members (excludes halogenated alkanes) is 1. The van der Waals surface area contributed by atoms with Crippen LogP contribution in [0.2, 0.25) is 0 Å². The maximum absolute atomic E-state index is 13.1. The molecule has 0 bridgehead atoms. The third-order valence-corrected chi connectivity index (χ3v) is 5.64. The Balaban J connectivity index is 2.35. The quantitative estimate of drug-likeness (QED) is 0.588. The highest BCUT2D eigenvalue weighted by Crippen LogP contribution is 2.40. The van der Waals surface area contributed by atoms with E-state index in [0.29, 0.717) is 0 Å². The molecule has 0 unspecified atom stereocenters. The average Bonchev–Trinajstić information content (AvgIpc) is 2.83. The van der Waals surface area contributed by atoms with Crippen molar-refractivity contribution in [1.82, 2.24) is 4.57 Å². The minimum atomic E-state index is -0.153. The summed E-state index contributed by atoms with van der Waals surface area (Å²) in [5, 5.41) is 13.3. The molecule has 0 aliphatic rings. The Labute approximate surface area is 159 Å². The highest BCUT2D eigenvalue weighted by atomic mass is 32.2. The smallest absolute Gasteiger partial charge is 0.222 e. The van der Waals surface area contributed by atoms with Crippen molar-refractivity contribution in [3.63, 3.8) is 0 Å². The van der Waals surface area contributed by atoms with Gasteiger partial charge in [-0.3, -0.25) is 4.79 Å². The van der Waals surface area contributed by atoms with Gasteiger partial charge in [-0.1, -0.05) is 70.1 Å². The van der Waals surface area contributed by atoms with Gasteiger partial charge >= 0.3 is 0 Å². The molecule has 3 nitrogen and oxygen atoms in total. The van der Waals surface area contributed by atoms with Crippen LogP contribution in [0.15, 0.2) is 30.3 Å². The summed E-state index contributed by atoms with van der Waals surface area (Å²) in [5.41, 5.74) is 2.78. The molecule has 0 aliphatic heterocycles. The number of rotatable bonds is 4. The second-order valence-corrected chi connectivity index (χ2v) is 9.60. The van der Waals surface area contributed by atoms with Gasteiger partial charge in [-0.15, -0.1) is 0 Å². The molecule has 0 atom stereocenters. The van der Waals surface area contributed by atoms with Crippen molar-refractivity contribution in [3.8, 4) is 5.75 Å². The lowest BCUT2D eigenvalue weighted by Gasteiger charge is -2.16. The van der Waals surface area contributed by atoms with E-state index in [0.717, 1.165) is 52.3 Å². The van der Waals surface area contributed by atoms with Gasteiger partial charge < -0.3 is 9.67 Å². The van der Waals surface area contributed by atoms with Gasteiger partial charge in [0.1, 0.15) is 5.75 Å². The molecule has 0 aliphatic carbocycles. The molecule has 4 heteroatoms. The molecule has 1 N–H and O–H groups in total. The number of phenolic OH excluding ortho intramolecular Hbond substituents is 1. The zero-order valence-electron chi connectivity index (χ0n) is 16.2. The van der Waals surface area contributed by atoms with E-state index in [1.165, 1.54) is 11.8 Å². The first-order valence-electron chi connectivity index (χ1n) is 9.21. The van der Waals surface area contributed by atoms with Crippen molar-refractivity contribution in [2.75, 3.05) is 0 Å². The lowest BCUT2D eigenvalue weighted by atomic mass is 10.0. The summed E-state index contributed by atoms with van der Waals surface area (Å²) >= 11 is 1.35. The predicted octanol–water partition coefficient (Wildman–Crippen LogP) is 6.28. The Kier molecular flexibility index (Phi) is 5.07. The van der Waals surface area contributed by atoms with Crippen LogP contribution in [0.25, 0.3) is 21.7 Å². The molecular formula is C22H27NO2S. The minimum Gasteiger partial charge on any atom is -0.507 e. The van der Waals surface area contributed by atoms with Gasteiger partial charge in [-0.05, 0) is 19.4 Å². The van der Waals surface area contributed by atoms with Crippen LogP contribution < -0.4 is 0 Å². The fraction of sp³-hybridized carbons (Fsp3) is 0.409. The number of phenols is 1. The van der Waals surface area contributed by atoms with Gasteiger partial charge in [0.15, 0.2) is 0 Å². The molecule has 0 saturated carbocycles. The van der Waals surface area contributed by atoms with Crippen molar-refractivity contribution < 1.29 is 9.90 Å². The number of thioether (sulfide) groups is 1. The third kappa shape index (κ3) is 3.35. The first-order chi connectivity index (χ1) is 12.2. The predicted molar refractivity (Wildman–Crippen MR) is 112 cm³/mol. The fourth-order valence-corrected chi connectivity index (χ4v) is 4.42. The molecule has 3 aromatic rings. The molecule has 0 fully saturated rings. The Morgan fingerprint density at radius 3 is 2.42 bits per heavy atom. The number of carbonyl (C=O) groups excluding carboxylic acids is 1. The van der Waals surface area contributed by atoms with Crippen LogP contribution in [0, 0.1) is 6.92 Å². The van der Waals surface area contributed by atoms with Gasteiger partial charge in [-0.25, -0.2) is 0 Å². The summed E-state index contributed by atoms with van der Waals surface area (Å²) in [6.45, 7) is 11.2. The number of nitrogens with zero attached hydrogens (tertiary/aromatic N) is 1. The molecule has 138 valence electrons. The SMILES string of the molecule is CCCCn1c(C)c(C(=O)SC(C)(C)C)c2cc(O)c3ccccc3c21. The summed E-state index contributed by atoms with van der Waals surface area (Å²) < 4.78 is 2.11. The second-order valence-electron chi connectivity index (χ2n) is 7.80. The van der Waals surface area contributed by atoms with Crippen LogP contribution in [0.1, 0.15) is 56.6 Å². The van der Waals surface area contributed by atoms with E-state index in [-0.39, 0.29) is 15.6 Å². The number of fused-ring (bicyclic) bond motifs is 3. The second kappa shape index (κ2) is 6.99. The van der Waals surface area contributed by atoms with E-state index < -0.39 is 0 Å². The highest BCUT2D eigenvalue weighted by Gasteiger charge is 2.26.